The first-order valence-electron chi connectivity index (χ1n) is 4.52. The molecular weight excluding hydrogens is 234 g/mol. The van der Waals surface area contributed by atoms with Gasteiger partial charge in [0.2, 0.25) is 5.28 Å². The molecule has 0 fully saturated rings. The fourth-order valence-electron chi connectivity index (χ4n) is 1.42. The average Bonchev–Trinajstić information content (AvgIpc) is 2.20. The summed E-state index contributed by atoms with van der Waals surface area (Å²) in [6.45, 7) is 1.72. The molecule has 0 bridgehead atoms. The van der Waals surface area contributed by atoms with E-state index in [0.717, 1.165) is 6.20 Å². The fraction of sp³-hybridized carbons (Fsp3) is 0.0909. The Hall–Kier alpha value is -1.55. The molecule has 0 atom stereocenters. The van der Waals surface area contributed by atoms with Crippen LogP contribution in [-0.2, 0) is 0 Å². The quantitative estimate of drug-likeness (QED) is 0.714. The van der Waals surface area contributed by atoms with Gasteiger partial charge in [0.1, 0.15) is 11.5 Å². The van der Waals surface area contributed by atoms with Crippen LogP contribution in [0, 0.1) is 18.6 Å². The third kappa shape index (κ3) is 2.17. The summed E-state index contributed by atoms with van der Waals surface area (Å²) in [6.07, 6.45) is 0.963. The summed E-state index contributed by atoms with van der Waals surface area (Å²) < 4.78 is 26.6. The minimum atomic E-state index is -0.630. The van der Waals surface area contributed by atoms with Crippen LogP contribution in [-0.4, -0.2) is 9.97 Å². The lowest BCUT2D eigenvalue weighted by Gasteiger charge is -2.04. The van der Waals surface area contributed by atoms with Gasteiger partial charge in [0.25, 0.3) is 0 Å². The molecule has 5 heteroatoms. The van der Waals surface area contributed by atoms with Gasteiger partial charge in [0.05, 0.1) is 6.20 Å². The standard InChI is InChI=1S/C11H7ClF2N2/c1-6-2-7(4-8(13)3-6)10-9(14)5-15-11(12)16-10/h2-5H,1H3. The molecule has 0 saturated heterocycles. The second kappa shape index (κ2) is 4.14. The minimum absolute atomic E-state index is 0.00241. The van der Waals surface area contributed by atoms with Crippen LogP contribution in [0.5, 0.6) is 0 Å². The van der Waals surface area contributed by atoms with Gasteiger partial charge in [-0.1, -0.05) is 0 Å². The Morgan fingerprint density at radius 2 is 1.94 bits per heavy atom. The zero-order valence-corrected chi connectivity index (χ0v) is 9.09. The number of rotatable bonds is 1. The lowest BCUT2D eigenvalue weighted by molar-refractivity contribution is 0.615. The second-order valence-electron chi connectivity index (χ2n) is 3.35. The van der Waals surface area contributed by atoms with Gasteiger partial charge in [-0.25, -0.2) is 18.7 Å². The molecule has 2 aromatic rings. The molecule has 0 unspecified atom stereocenters. The Kier molecular flexibility index (Phi) is 2.83. The minimum Gasteiger partial charge on any atom is -0.223 e. The van der Waals surface area contributed by atoms with Gasteiger partial charge in [0.15, 0.2) is 5.82 Å². The number of hydrogen-bond acceptors (Lipinski definition) is 2. The first-order chi connectivity index (χ1) is 7.56. The molecule has 2 rings (SSSR count). The smallest absolute Gasteiger partial charge is 0.223 e. The van der Waals surface area contributed by atoms with Crippen molar-refractivity contribution in [2.24, 2.45) is 0 Å². The molecule has 0 amide bonds. The van der Waals surface area contributed by atoms with Crippen LogP contribution in [0.3, 0.4) is 0 Å². The van der Waals surface area contributed by atoms with Crippen LogP contribution in [0.4, 0.5) is 8.78 Å². The molecule has 2 nitrogen and oxygen atoms in total. The van der Waals surface area contributed by atoms with Gasteiger partial charge in [-0.05, 0) is 42.3 Å². The van der Waals surface area contributed by atoms with Gasteiger partial charge in [0, 0.05) is 5.56 Å². The first kappa shape index (κ1) is 11.0. The van der Waals surface area contributed by atoms with Crippen molar-refractivity contribution in [2.75, 3.05) is 0 Å². The molecule has 0 aliphatic carbocycles. The van der Waals surface area contributed by atoms with Gasteiger partial charge in [-0.2, -0.15) is 0 Å². The van der Waals surface area contributed by atoms with Gasteiger partial charge in [-0.3, -0.25) is 0 Å². The van der Waals surface area contributed by atoms with E-state index < -0.39 is 11.6 Å². The van der Waals surface area contributed by atoms with Crippen molar-refractivity contribution >= 4 is 11.6 Å². The van der Waals surface area contributed by atoms with Crippen LogP contribution < -0.4 is 0 Å². The number of aromatic nitrogens is 2. The lowest BCUT2D eigenvalue weighted by atomic mass is 10.1. The lowest BCUT2D eigenvalue weighted by Crippen LogP contribution is -1.93. The molecule has 0 radical (unpaired) electrons. The van der Waals surface area contributed by atoms with E-state index in [1.807, 2.05) is 0 Å². The molecule has 1 heterocycles. The Morgan fingerprint density at radius 1 is 1.19 bits per heavy atom. The number of aryl methyl sites for hydroxylation is 1. The largest absolute Gasteiger partial charge is 0.223 e. The Labute approximate surface area is 95.9 Å². The maximum atomic E-state index is 13.4. The molecule has 1 aromatic carbocycles. The van der Waals surface area contributed by atoms with Crippen molar-refractivity contribution in [1.29, 1.82) is 0 Å². The van der Waals surface area contributed by atoms with Gasteiger partial charge >= 0.3 is 0 Å². The predicted molar refractivity (Wildman–Crippen MR) is 57.1 cm³/mol. The normalized spacial score (nSPS) is 10.5. The van der Waals surface area contributed by atoms with Crippen LogP contribution >= 0.6 is 11.6 Å². The van der Waals surface area contributed by atoms with Crippen molar-refractivity contribution in [2.45, 2.75) is 6.92 Å². The van der Waals surface area contributed by atoms with Crippen LogP contribution in [0.25, 0.3) is 11.3 Å². The predicted octanol–water partition coefficient (Wildman–Crippen LogP) is 3.38. The summed E-state index contributed by atoms with van der Waals surface area (Å²) in [7, 11) is 0. The highest BCUT2D eigenvalue weighted by Gasteiger charge is 2.10. The van der Waals surface area contributed by atoms with Gasteiger partial charge in [-0.15, -0.1) is 0 Å². The van der Waals surface area contributed by atoms with E-state index in [1.165, 1.54) is 12.1 Å². The molecule has 0 saturated carbocycles. The molecular formula is C11H7ClF2N2. The van der Waals surface area contributed by atoms with E-state index in [0.29, 0.717) is 11.1 Å². The number of hydrogen-bond donors (Lipinski definition) is 0. The van der Waals surface area contributed by atoms with Crippen molar-refractivity contribution in [3.8, 4) is 11.3 Å². The second-order valence-corrected chi connectivity index (χ2v) is 3.69. The van der Waals surface area contributed by atoms with E-state index in [9.17, 15) is 8.78 Å². The molecule has 82 valence electrons. The maximum absolute atomic E-state index is 13.4. The molecule has 1 aromatic heterocycles. The SMILES string of the molecule is Cc1cc(F)cc(-c2nc(Cl)ncc2F)c1. The van der Waals surface area contributed by atoms with Crippen molar-refractivity contribution in [1.82, 2.24) is 9.97 Å². The first-order valence-corrected chi connectivity index (χ1v) is 4.89. The van der Waals surface area contributed by atoms with Crippen molar-refractivity contribution < 1.29 is 8.78 Å². The summed E-state index contributed by atoms with van der Waals surface area (Å²) in [6, 6.07) is 4.18. The third-order valence-electron chi connectivity index (χ3n) is 2.03. The third-order valence-corrected chi connectivity index (χ3v) is 2.21. The van der Waals surface area contributed by atoms with E-state index in [-0.39, 0.29) is 11.0 Å². The molecule has 16 heavy (non-hydrogen) atoms. The van der Waals surface area contributed by atoms with Crippen LogP contribution in [0.15, 0.2) is 24.4 Å². The summed E-state index contributed by atoms with van der Waals surface area (Å²) >= 11 is 5.56. The Bertz CT molecular complexity index is 523. The highest BCUT2D eigenvalue weighted by atomic mass is 35.5. The fourth-order valence-corrected chi connectivity index (χ4v) is 1.55. The molecule has 0 aliphatic heterocycles. The van der Waals surface area contributed by atoms with E-state index in [1.54, 1.807) is 13.0 Å². The van der Waals surface area contributed by atoms with Crippen LogP contribution in [0.1, 0.15) is 5.56 Å². The summed E-state index contributed by atoms with van der Waals surface area (Å²) in [5.74, 6) is -1.07. The van der Waals surface area contributed by atoms with Crippen LogP contribution in [0.2, 0.25) is 5.28 Å². The highest BCUT2D eigenvalue weighted by Crippen LogP contribution is 2.23. The Morgan fingerprint density at radius 3 is 2.62 bits per heavy atom. The molecule has 0 aliphatic rings. The maximum Gasteiger partial charge on any atom is 0.223 e. The highest BCUT2D eigenvalue weighted by molar-refractivity contribution is 6.28. The molecule has 0 N–H and O–H groups in total. The van der Waals surface area contributed by atoms with Crippen molar-refractivity contribution in [3.05, 3.63) is 46.9 Å². The summed E-state index contributed by atoms with van der Waals surface area (Å²) in [5.41, 5.74) is 1.03. The van der Waals surface area contributed by atoms with E-state index in [4.69, 9.17) is 11.6 Å². The van der Waals surface area contributed by atoms with E-state index >= 15 is 0 Å². The topological polar surface area (TPSA) is 25.8 Å². The number of halogens is 3. The van der Waals surface area contributed by atoms with Crippen molar-refractivity contribution in [3.63, 3.8) is 0 Å². The number of benzene rings is 1. The summed E-state index contributed by atoms with van der Waals surface area (Å²) in [5, 5.41) is -0.0710. The zero-order chi connectivity index (χ0) is 11.7. The van der Waals surface area contributed by atoms with E-state index in [2.05, 4.69) is 9.97 Å². The average molecular weight is 241 g/mol. The number of nitrogens with zero attached hydrogens (tertiary/aromatic N) is 2. The monoisotopic (exact) mass is 240 g/mol. The molecule has 0 spiro atoms. The summed E-state index contributed by atoms with van der Waals surface area (Å²) in [4.78, 5) is 7.23. The zero-order valence-electron chi connectivity index (χ0n) is 8.34. The Balaban J connectivity index is 2.62. The van der Waals surface area contributed by atoms with Gasteiger partial charge < -0.3 is 0 Å².